The molecular formula is C21H26N4O4S. The van der Waals surface area contributed by atoms with Gasteiger partial charge in [-0.2, -0.15) is 0 Å². The van der Waals surface area contributed by atoms with Crippen molar-refractivity contribution < 1.29 is 18.0 Å². The van der Waals surface area contributed by atoms with E-state index in [0.29, 0.717) is 23.5 Å². The van der Waals surface area contributed by atoms with Gasteiger partial charge in [-0.15, -0.1) is 0 Å². The molecule has 2 aromatic rings. The van der Waals surface area contributed by atoms with Crippen LogP contribution in [0.15, 0.2) is 54.6 Å². The lowest BCUT2D eigenvalue weighted by atomic mass is 10.0. The molecule has 160 valence electrons. The fourth-order valence-corrected chi connectivity index (χ4v) is 3.90. The number of piperidine rings is 1. The first kappa shape index (κ1) is 21.8. The molecule has 1 fully saturated rings. The minimum Gasteiger partial charge on any atom is -0.334 e. The largest absolute Gasteiger partial charge is 0.334 e. The van der Waals surface area contributed by atoms with Crippen molar-refractivity contribution in [3.63, 3.8) is 0 Å². The Bertz CT molecular complexity index is 978. The van der Waals surface area contributed by atoms with E-state index in [9.17, 15) is 18.0 Å². The number of nitrogens with one attached hydrogen (secondary N) is 3. The Morgan fingerprint density at radius 3 is 2.23 bits per heavy atom. The maximum absolute atomic E-state index is 13.0. The van der Waals surface area contributed by atoms with Crippen LogP contribution in [0.1, 0.15) is 29.6 Å². The molecule has 0 aliphatic carbocycles. The lowest BCUT2D eigenvalue weighted by molar-refractivity contribution is 0.0619. The molecule has 1 unspecified atom stereocenters. The summed E-state index contributed by atoms with van der Waals surface area (Å²) < 4.78 is 25.3. The number of amides is 3. The summed E-state index contributed by atoms with van der Waals surface area (Å²) in [5.41, 5.74) is 1.74. The topological polar surface area (TPSA) is 108 Å². The smallest absolute Gasteiger partial charge is 0.323 e. The maximum atomic E-state index is 13.0. The average molecular weight is 431 g/mol. The van der Waals surface area contributed by atoms with Crippen LogP contribution in [0.5, 0.6) is 0 Å². The SMILES string of the molecule is CS(=O)(=O)NCC1CCCCN1C(=O)c1ccc(NC(=O)Nc2ccccc2)cc1. The van der Waals surface area contributed by atoms with Gasteiger partial charge >= 0.3 is 6.03 Å². The Labute approximate surface area is 176 Å². The van der Waals surface area contributed by atoms with Crippen LogP contribution in [0, 0.1) is 0 Å². The van der Waals surface area contributed by atoms with Crippen LogP contribution in [-0.4, -0.2) is 50.6 Å². The average Bonchev–Trinajstić information content (AvgIpc) is 2.72. The summed E-state index contributed by atoms with van der Waals surface area (Å²) in [7, 11) is -3.31. The second-order valence-corrected chi connectivity index (χ2v) is 9.12. The van der Waals surface area contributed by atoms with Gasteiger partial charge in [-0.25, -0.2) is 17.9 Å². The van der Waals surface area contributed by atoms with Crippen LogP contribution >= 0.6 is 0 Å². The van der Waals surface area contributed by atoms with Gasteiger partial charge in [0.1, 0.15) is 0 Å². The van der Waals surface area contributed by atoms with Crippen LogP contribution in [0.2, 0.25) is 0 Å². The second-order valence-electron chi connectivity index (χ2n) is 7.29. The van der Waals surface area contributed by atoms with E-state index in [1.807, 2.05) is 18.2 Å². The zero-order valence-corrected chi connectivity index (χ0v) is 17.6. The van der Waals surface area contributed by atoms with Gasteiger partial charge in [-0.3, -0.25) is 4.79 Å². The number of hydrogen-bond acceptors (Lipinski definition) is 4. The number of likely N-dealkylation sites (tertiary alicyclic amines) is 1. The Morgan fingerprint density at radius 1 is 0.967 bits per heavy atom. The van der Waals surface area contributed by atoms with E-state index in [2.05, 4.69) is 15.4 Å². The third-order valence-corrected chi connectivity index (χ3v) is 5.58. The number of rotatable bonds is 6. The van der Waals surface area contributed by atoms with Crippen molar-refractivity contribution in [1.29, 1.82) is 0 Å². The van der Waals surface area contributed by atoms with Crippen molar-refractivity contribution >= 4 is 33.3 Å². The van der Waals surface area contributed by atoms with E-state index in [0.717, 1.165) is 25.5 Å². The van der Waals surface area contributed by atoms with Gasteiger partial charge in [0.25, 0.3) is 5.91 Å². The first-order chi connectivity index (χ1) is 14.3. The van der Waals surface area contributed by atoms with Gasteiger partial charge in [-0.05, 0) is 55.7 Å². The molecule has 3 amide bonds. The zero-order chi connectivity index (χ0) is 21.6. The highest BCUT2D eigenvalue weighted by atomic mass is 32.2. The number of hydrogen-bond donors (Lipinski definition) is 3. The summed E-state index contributed by atoms with van der Waals surface area (Å²) in [4.78, 5) is 26.8. The minimum atomic E-state index is -3.31. The lowest BCUT2D eigenvalue weighted by Crippen LogP contribution is -2.49. The predicted octanol–water partition coefficient (Wildman–Crippen LogP) is 2.87. The molecule has 0 aromatic heterocycles. The summed E-state index contributed by atoms with van der Waals surface area (Å²) >= 11 is 0. The van der Waals surface area contributed by atoms with Crippen LogP contribution in [0.4, 0.5) is 16.2 Å². The van der Waals surface area contributed by atoms with Gasteiger partial charge in [0.2, 0.25) is 10.0 Å². The first-order valence-electron chi connectivity index (χ1n) is 9.80. The van der Waals surface area contributed by atoms with Gasteiger partial charge in [0, 0.05) is 36.1 Å². The molecule has 0 saturated carbocycles. The van der Waals surface area contributed by atoms with E-state index in [1.54, 1.807) is 41.3 Å². The van der Waals surface area contributed by atoms with Crippen molar-refractivity contribution in [3.8, 4) is 0 Å². The zero-order valence-electron chi connectivity index (χ0n) is 16.8. The predicted molar refractivity (Wildman–Crippen MR) is 117 cm³/mol. The molecule has 1 heterocycles. The number of sulfonamides is 1. The quantitative estimate of drug-likeness (QED) is 0.655. The number of anilines is 2. The second kappa shape index (κ2) is 9.73. The van der Waals surface area contributed by atoms with E-state index >= 15 is 0 Å². The molecule has 9 heteroatoms. The minimum absolute atomic E-state index is 0.143. The molecule has 8 nitrogen and oxygen atoms in total. The number of benzene rings is 2. The Morgan fingerprint density at radius 2 is 1.60 bits per heavy atom. The lowest BCUT2D eigenvalue weighted by Gasteiger charge is -2.35. The molecule has 1 saturated heterocycles. The molecule has 0 bridgehead atoms. The van der Waals surface area contributed by atoms with Crippen molar-refractivity contribution in [3.05, 3.63) is 60.2 Å². The molecule has 1 aliphatic rings. The molecule has 2 aromatic carbocycles. The molecule has 0 radical (unpaired) electrons. The van der Waals surface area contributed by atoms with Crippen molar-refractivity contribution in [1.82, 2.24) is 9.62 Å². The Hall–Kier alpha value is -2.91. The number of para-hydroxylation sites is 1. The summed E-state index contributed by atoms with van der Waals surface area (Å²) in [6.07, 6.45) is 3.72. The Balaban J connectivity index is 1.61. The van der Waals surface area contributed by atoms with Crippen molar-refractivity contribution in [2.75, 3.05) is 30.0 Å². The fourth-order valence-electron chi connectivity index (χ4n) is 3.40. The molecule has 3 N–H and O–H groups in total. The van der Waals surface area contributed by atoms with E-state index < -0.39 is 10.0 Å². The third kappa shape index (κ3) is 6.30. The summed E-state index contributed by atoms with van der Waals surface area (Å²) in [5.74, 6) is -0.143. The van der Waals surface area contributed by atoms with Crippen molar-refractivity contribution in [2.45, 2.75) is 25.3 Å². The van der Waals surface area contributed by atoms with E-state index in [1.165, 1.54) is 0 Å². The number of nitrogens with zero attached hydrogens (tertiary/aromatic N) is 1. The van der Waals surface area contributed by atoms with Crippen LogP contribution in [0.25, 0.3) is 0 Å². The molecular weight excluding hydrogens is 404 g/mol. The van der Waals surface area contributed by atoms with Gasteiger partial charge in [0.15, 0.2) is 0 Å². The molecule has 3 rings (SSSR count). The van der Waals surface area contributed by atoms with Crippen LogP contribution in [-0.2, 0) is 10.0 Å². The highest BCUT2D eigenvalue weighted by Crippen LogP contribution is 2.20. The number of urea groups is 1. The molecule has 30 heavy (non-hydrogen) atoms. The van der Waals surface area contributed by atoms with Gasteiger partial charge < -0.3 is 15.5 Å². The highest BCUT2D eigenvalue weighted by molar-refractivity contribution is 7.88. The van der Waals surface area contributed by atoms with Crippen LogP contribution < -0.4 is 15.4 Å². The number of carbonyl (C=O) groups excluding carboxylic acids is 2. The first-order valence-corrected chi connectivity index (χ1v) is 11.7. The monoisotopic (exact) mass is 430 g/mol. The number of carbonyl (C=O) groups is 2. The highest BCUT2D eigenvalue weighted by Gasteiger charge is 2.28. The Kier molecular flexibility index (Phi) is 7.07. The van der Waals surface area contributed by atoms with Crippen molar-refractivity contribution in [2.24, 2.45) is 0 Å². The van der Waals surface area contributed by atoms with E-state index in [4.69, 9.17) is 0 Å². The summed E-state index contributed by atoms with van der Waals surface area (Å²) in [6, 6.07) is 15.2. The molecule has 0 spiro atoms. The fraction of sp³-hybridized carbons (Fsp3) is 0.333. The normalized spacial score (nSPS) is 16.7. The van der Waals surface area contributed by atoms with Gasteiger partial charge in [0.05, 0.1) is 6.26 Å². The standard InChI is InChI=1S/C21H26N4O4S/c1-30(28,29)22-15-19-9-5-6-14-25(19)20(26)16-10-12-18(13-11-16)24-21(27)23-17-7-3-2-4-8-17/h2-4,7-8,10-13,19,22H,5-6,9,14-15H2,1H3,(H2,23,24,27). The third-order valence-electron chi connectivity index (χ3n) is 4.89. The summed E-state index contributed by atoms with van der Waals surface area (Å²) in [6.45, 7) is 0.804. The van der Waals surface area contributed by atoms with Crippen LogP contribution in [0.3, 0.4) is 0 Å². The maximum Gasteiger partial charge on any atom is 0.323 e. The summed E-state index contributed by atoms with van der Waals surface area (Å²) in [5, 5.41) is 5.46. The van der Waals surface area contributed by atoms with Gasteiger partial charge in [-0.1, -0.05) is 18.2 Å². The van der Waals surface area contributed by atoms with E-state index in [-0.39, 0.29) is 24.5 Å². The molecule has 1 atom stereocenters. The molecule has 1 aliphatic heterocycles.